The van der Waals surface area contributed by atoms with Gasteiger partial charge in [0.05, 0.1) is 17.6 Å². The fourth-order valence-electron chi connectivity index (χ4n) is 2.98. The lowest BCUT2D eigenvalue weighted by Gasteiger charge is -2.34. The summed E-state index contributed by atoms with van der Waals surface area (Å²) in [7, 11) is -2.54. The highest BCUT2D eigenvalue weighted by atomic mass is 32.2. The molecule has 1 aromatic carbocycles. The second-order valence-corrected chi connectivity index (χ2v) is 8.02. The van der Waals surface area contributed by atoms with Crippen molar-refractivity contribution in [3.8, 4) is 0 Å². The molecule has 1 saturated heterocycles. The van der Waals surface area contributed by atoms with Crippen LogP contribution >= 0.6 is 0 Å². The molecule has 1 fully saturated rings. The van der Waals surface area contributed by atoms with Crippen LogP contribution in [0.4, 0.5) is 0 Å². The molecule has 1 unspecified atom stereocenters. The van der Waals surface area contributed by atoms with Crippen LogP contribution in [0.2, 0.25) is 0 Å². The number of ether oxygens (including phenoxy) is 1. The molecule has 1 heterocycles. The summed E-state index contributed by atoms with van der Waals surface area (Å²) < 4.78 is 32.2. The summed E-state index contributed by atoms with van der Waals surface area (Å²) in [5, 5.41) is 2.75. The number of amides is 1. The molecule has 9 heteroatoms. The molecule has 8 nitrogen and oxygen atoms in total. The van der Waals surface area contributed by atoms with E-state index in [4.69, 9.17) is 5.73 Å². The number of benzene rings is 1. The molecule has 1 amide bonds. The Labute approximate surface area is 153 Å². The Balaban J connectivity index is 2.21. The lowest BCUT2D eigenvalue weighted by atomic mass is 10.1. The van der Waals surface area contributed by atoms with Gasteiger partial charge in [-0.2, -0.15) is 4.31 Å². The number of nitrogens with zero attached hydrogens (tertiary/aromatic N) is 1. The zero-order chi connectivity index (χ0) is 19.2. The van der Waals surface area contributed by atoms with Crippen molar-refractivity contribution in [3.63, 3.8) is 0 Å². The smallest absolute Gasteiger partial charge is 0.337 e. The minimum atomic E-state index is -3.79. The van der Waals surface area contributed by atoms with E-state index in [1.165, 1.54) is 35.7 Å². The van der Waals surface area contributed by atoms with E-state index in [2.05, 4.69) is 10.1 Å². The van der Waals surface area contributed by atoms with Crippen molar-refractivity contribution in [1.29, 1.82) is 0 Å². The highest BCUT2D eigenvalue weighted by Crippen LogP contribution is 2.25. The Hall–Kier alpha value is -1.97. The van der Waals surface area contributed by atoms with Gasteiger partial charge in [-0.15, -0.1) is 0 Å². The minimum Gasteiger partial charge on any atom is -0.465 e. The van der Waals surface area contributed by atoms with E-state index in [9.17, 15) is 18.0 Å². The first-order chi connectivity index (χ1) is 12.4. The number of hydrogen-bond donors (Lipinski definition) is 2. The van der Waals surface area contributed by atoms with E-state index in [0.717, 1.165) is 12.8 Å². The first-order valence-corrected chi connectivity index (χ1v) is 10.0. The van der Waals surface area contributed by atoms with Crippen LogP contribution in [0.3, 0.4) is 0 Å². The number of esters is 1. The van der Waals surface area contributed by atoms with Crippen molar-refractivity contribution in [2.75, 3.05) is 26.7 Å². The second kappa shape index (κ2) is 9.11. The first kappa shape index (κ1) is 20.3. The molecule has 0 aliphatic carbocycles. The quantitative estimate of drug-likeness (QED) is 0.661. The number of piperidine rings is 1. The zero-order valence-corrected chi connectivity index (χ0v) is 15.6. The fraction of sp³-hybridized carbons (Fsp3) is 0.529. The molecule has 0 bridgehead atoms. The van der Waals surface area contributed by atoms with Gasteiger partial charge in [0.25, 0.3) is 0 Å². The van der Waals surface area contributed by atoms with Crippen molar-refractivity contribution >= 4 is 21.9 Å². The molecule has 1 atom stereocenters. The highest BCUT2D eigenvalue weighted by Gasteiger charge is 2.33. The molecule has 3 N–H and O–H groups in total. The number of nitrogens with one attached hydrogen (secondary N) is 1. The average molecular weight is 383 g/mol. The number of nitrogens with two attached hydrogens (primary N) is 1. The summed E-state index contributed by atoms with van der Waals surface area (Å²) in [4.78, 5) is 23.4. The Morgan fingerprint density at radius 2 is 2.12 bits per heavy atom. The van der Waals surface area contributed by atoms with Crippen molar-refractivity contribution in [2.24, 2.45) is 5.73 Å². The van der Waals surface area contributed by atoms with Gasteiger partial charge in [0, 0.05) is 32.1 Å². The van der Waals surface area contributed by atoms with Crippen LogP contribution in [0.5, 0.6) is 0 Å². The van der Waals surface area contributed by atoms with Crippen LogP contribution in [0.15, 0.2) is 29.2 Å². The molecular weight excluding hydrogens is 358 g/mol. The van der Waals surface area contributed by atoms with Gasteiger partial charge in [0.1, 0.15) is 0 Å². The monoisotopic (exact) mass is 383 g/mol. The van der Waals surface area contributed by atoms with E-state index in [0.29, 0.717) is 13.0 Å². The van der Waals surface area contributed by atoms with E-state index in [1.54, 1.807) is 0 Å². The molecule has 1 aliphatic heterocycles. The number of hydrogen-bond acceptors (Lipinski definition) is 6. The van der Waals surface area contributed by atoms with E-state index in [-0.39, 0.29) is 41.9 Å². The molecule has 0 spiro atoms. The summed E-state index contributed by atoms with van der Waals surface area (Å²) in [6, 6.07) is 5.48. The zero-order valence-electron chi connectivity index (χ0n) is 14.8. The van der Waals surface area contributed by atoms with Crippen molar-refractivity contribution < 1.29 is 22.7 Å². The molecule has 0 saturated carbocycles. The molecule has 1 aliphatic rings. The van der Waals surface area contributed by atoms with Gasteiger partial charge in [-0.1, -0.05) is 12.5 Å². The highest BCUT2D eigenvalue weighted by molar-refractivity contribution is 7.89. The van der Waals surface area contributed by atoms with E-state index >= 15 is 0 Å². The van der Waals surface area contributed by atoms with Gasteiger partial charge in [-0.05, 0) is 31.0 Å². The van der Waals surface area contributed by atoms with Gasteiger partial charge in [0.15, 0.2) is 0 Å². The number of methoxy groups -OCH3 is 1. The topological polar surface area (TPSA) is 119 Å². The predicted octanol–water partition coefficient (Wildman–Crippen LogP) is 0.481. The molecule has 0 radical (unpaired) electrons. The third kappa shape index (κ3) is 4.80. The van der Waals surface area contributed by atoms with Gasteiger partial charge in [0.2, 0.25) is 15.9 Å². The number of sulfonamides is 1. The van der Waals surface area contributed by atoms with E-state index < -0.39 is 16.0 Å². The summed E-state index contributed by atoms with van der Waals surface area (Å²) in [6.07, 6.45) is 2.52. The molecule has 1 aromatic rings. The first-order valence-electron chi connectivity index (χ1n) is 8.57. The maximum Gasteiger partial charge on any atom is 0.337 e. The van der Waals surface area contributed by atoms with Gasteiger partial charge >= 0.3 is 5.97 Å². The van der Waals surface area contributed by atoms with Crippen molar-refractivity contribution in [3.05, 3.63) is 29.8 Å². The Morgan fingerprint density at radius 1 is 1.35 bits per heavy atom. The second-order valence-electron chi connectivity index (χ2n) is 6.13. The Morgan fingerprint density at radius 3 is 2.81 bits per heavy atom. The molecule has 144 valence electrons. The lowest BCUT2D eigenvalue weighted by molar-refractivity contribution is -0.121. The molecule has 2 rings (SSSR count). The summed E-state index contributed by atoms with van der Waals surface area (Å²) >= 11 is 0. The Kier molecular flexibility index (Phi) is 7.13. The number of rotatable bonds is 7. The fourth-order valence-corrected chi connectivity index (χ4v) is 4.72. The van der Waals surface area contributed by atoms with Gasteiger partial charge in [-0.3, -0.25) is 4.79 Å². The summed E-state index contributed by atoms with van der Waals surface area (Å²) in [5.41, 5.74) is 5.53. The molecule has 0 aromatic heterocycles. The molecular formula is C17H25N3O5S. The van der Waals surface area contributed by atoms with Crippen LogP contribution in [0.1, 0.15) is 36.0 Å². The van der Waals surface area contributed by atoms with Crippen LogP contribution < -0.4 is 11.1 Å². The third-order valence-corrected chi connectivity index (χ3v) is 6.29. The van der Waals surface area contributed by atoms with E-state index in [1.807, 2.05) is 0 Å². The van der Waals surface area contributed by atoms with Crippen LogP contribution in [0.25, 0.3) is 0 Å². The maximum absolute atomic E-state index is 13.1. The minimum absolute atomic E-state index is 0.0422. The predicted molar refractivity (Wildman–Crippen MR) is 96.0 cm³/mol. The van der Waals surface area contributed by atoms with Crippen LogP contribution in [-0.2, 0) is 19.6 Å². The average Bonchev–Trinajstić information content (AvgIpc) is 2.66. The maximum atomic E-state index is 13.1. The van der Waals surface area contributed by atoms with Gasteiger partial charge in [-0.25, -0.2) is 13.2 Å². The number of carbonyl (C=O) groups excluding carboxylic acids is 2. The normalized spacial score (nSPS) is 18.3. The van der Waals surface area contributed by atoms with Crippen LogP contribution in [-0.4, -0.2) is 57.4 Å². The lowest BCUT2D eigenvalue weighted by Crippen LogP contribution is -2.49. The van der Waals surface area contributed by atoms with Crippen molar-refractivity contribution in [2.45, 2.75) is 36.6 Å². The number of carbonyl (C=O) groups is 2. The standard InChI is InChI=1S/C17H25N3O5S/c1-25-17(22)13-5-4-7-15(11-13)26(23,24)20-10-3-2-6-14(20)12-19-16(21)8-9-18/h4-5,7,11,14H,2-3,6,8-10,12,18H2,1H3,(H,19,21). The van der Waals surface area contributed by atoms with Gasteiger partial charge < -0.3 is 15.8 Å². The molecule has 26 heavy (non-hydrogen) atoms. The summed E-state index contributed by atoms with van der Waals surface area (Å²) in [5.74, 6) is -0.783. The van der Waals surface area contributed by atoms with Crippen LogP contribution in [0, 0.1) is 0 Å². The summed E-state index contributed by atoms with van der Waals surface area (Å²) in [6.45, 7) is 0.871. The third-order valence-electron chi connectivity index (χ3n) is 4.34. The largest absolute Gasteiger partial charge is 0.465 e. The SMILES string of the molecule is COC(=O)c1cccc(S(=O)(=O)N2CCCCC2CNC(=O)CCN)c1. The Bertz CT molecular complexity index is 751. The van der Waals surface area contributed by atoms with Crippen molar-refractivity contribution in [1.82, 2.24) is 9.62 Å².